The average molecular weight is 316 g/mol. The third-order valence-electron chi connectivity index (χ3n) is 3.95. The summed E-state index contributed by atoms with van der Waals surface area (Å²) in [6.07, 6.45) is 6.40. The molecule has 0 spiro atoms. The molecule has 1 aliphatic rings. The van der Waals surface area contributed by atoms with E-state index in [1.807, 2.05) is 19.2 Å². The second-order valence-electron chi connectivity index (χ2n) is 5.41. The van der Waals surface area contributed by atoms with Crippen LogP contribution in [0.25, 0.3) is 0 Å². The largest absolute Gasteiger partial charge is 0.365 e. The van der Waals surface area contributed by atoms with Crippen LogP contribution in [0.5, 0.6) is 0 Å². The average Bonchev–Trinajstić information content (AvgIpc) is 2.99. The van der Waals surface area contributed by atoms with Gasteiger partial charge in [-0.2, -0.15) is 0 Å². The van der Waals surface area contributed by atoms with Crippen molar-refractivity contribution < 1.29 is 0 Å². The van der Waals surface area contributed by atoms with Crippen LogP contribution < -0.4 is 10.2 Å². The molecule has 0 saturated carbocycles. The fourth-order valence-electron chi connectivity index (χ4n) is 2.64. The minimum absolute atomic E-state index is 0.377. The molecule has 1 atom stereocenters. The lowest BCUT2D eigenvalue weighted by Crippen LogP contribution is -2.27. The minimum atomic E-state index is 0.377. The zero-order chi connectivity index (χ0) is 15.5. The van der Waals surface area contributed by atoms with Gasteiger partial charge in [-0.1, -0.05) is 11.8 Å². The molecule has 3 rings (SSSR count). The Morgan fingerprint density at radius 1 is 1.32 bits per heavy atom. The van der Waals surface area contributed by atoms with E-state index in [0.29, 0.717) is 6.04 Å². The molecular weight excluding hydrogens is 296 g/mol. The van der Waals surface area contributed by atoms with Crippen molar-refractivity contribution in [3.63, 3.8) is 0 Å². The van der Waals surface area contributed by atoms with Crippen LogP contribution in [-0.2, 0) is 0 Å². The highest BCUT2D eigenvalue weighted by molar-refractivity contribution is 7.98. The highest BCUT2D eigenvalue weighted by Gasteiger charge is 2.25. The smallest absolute Gasteiger partial charge is 0.189 e. The summed E-state index contributed by atoms with van der Waals surface area (Å²) in [7, 11) is 0. The minimum Gasteiger partial charge on any atom is -0.365 e. The van der Waals surface area contributed by atoms with Gasteiger partial charge < -0.3 is 10.2 Å². The maximum Gasteiger partial charge on any atom is 0.189 e. The number of hydrogen-bond acceptors (Lipinski definition) is 7. The number of aromatic nitrogens is 4. The summed E-state index contributed by atoms with van der Waals surface area (Å²) in [5.74, 6) is 1.94. The quantitative estimate of drug-likeness (QED) is 0.685. The number of rotatable bonds is 4. The van der Waals surface area contributed by atoms with Gasteiger partial charge in [0.1, 0.15) is 18.0 Å². The molecule has 0 aromatic carbocycles. The number of anilines is 2. The molecule has 0 amide bonds. The number of thioether (sulfide) groups is 1. The maximum atomic E-state index is 4.70. The Morgan fingerprint density at radius 2 is 2.18 bits per heavy atom. The lowest BCUT2D eigenvalue weighted by Gasteiger charge is -2.21. The van der Waals surface area contributed by atoms with Crippen LogP contribution >= 0.6 is 11.8 Å². The predicted octanol–water partition coefficient (Wildman–Crippen LogP) is 2.30. The van der Waals surface area contributed by atoms with E-state index in [1.165, 1.54) is 5.56 Å². The highest BCUT2D eigenvalue weighted by Crippen LogP contribution is 2.26. The van der Waals surface area contributed by atoms with Crippen molar-refractivity contribution >= 4 is 23.4 Å². The van der Waals surface area contributed by atoms with Crippen molar-refractivity contribution in [1.82, 2.24) is 19.9 Å². The Bertz CT molecular complexity index is 648. The second kappa shape index (κ2) is 6.48. The van der Waals surface area contributed by atoms with Crippen molar-refractivity contribution in [2.45, 2.75) is 31.5 Å². The van der Waals surface area contributed by atoms with E-state index in [4.69, 9.17) is 4.98 Å². The van der Waals surface area contributed by atoms with E-state index < -0.39 is 0 Å². The summed E-state index contributed by atoms with van der Waals surface area (Å²) < 4.78 is 0. The van der Waals surface area contributed by atoms with Crippen LogP contribution in [0.2, 0.25) is 0 Å². The van der Waals surface area contributed by atoms with Crippen LogP contribution in [0, 0.1) is 13.8 Å². The topological polar surface area (TPSA) is 66.8 Å². The number of nitrogens with zero attached hydrogens (tertiary/aromatic N) is 5. The van der Waals surface area contributed by atoms with Gasteiger partial charge in [-0.3, -0.25) is 0 Å². The van der Waals surface area contributed by atoms with Crippen molar-refractivity contribution in [1.29, 1.82) is 0 Å². The Morgan fingerprint density at radius 3 is 2.91 bits per heavy atom. The third kappa shape index (κ3) is 3.14. The van der Waals surface area contributed by atoms with Crippen molar-refractivity contribution in [2.24, 2.45) is 0 Å². The van der Waals surface area contributed by atoms with Crippen LogP contribution in [0.15, 0.2) is 23.7 Å². The Labute approximate surface area is 134 Å². The van der Waals surface area contributed by atoms with E-state index in [1.54, 1.807) is 24.3 Å². The maximum absolute atomic E-state index is 4.70. The molecular formula is C15H20N6S. The first kappa shape index (κ1) is 15.0. The lowest BCUT2D eigenvalue weighted by atomic mass is 10.2. The van der Waals surface area contributed by atoms with E-state index in [9.17, 15) is 0 Å². The van der Waals surface area contributed by atoms with Crippen molar-refractivity contribution in [2.75, 3.05) is 29.6 Å². The highest BCUT2D eigenvalue weighted by atomic mass is 32.2. The summed E-state index contributed by atoms with van der Waals surface area (Å²) in [4.78, 5) is 19.7. The molecule has 1 aliphatic heterocycles. The molecule has 2 aromatic rings. The zero-order valence-corrected chi connectivity index (χ0v) is 13.9. The van der Waals surface area contributed by atoms with Gasteiger partial charge in [0.15, 0.2) is 5.16 Å². The monoisotopic (exact) mass is 316 g/mol. The molecule has 0 aliphatic carbocycles. The fraction of sp³-hybridized carbons (Fsp3) is 0.467. The first-order valence-electron chi connectivity index (χ1n) is 7.34. The normalized spacial score (nSPS) is 17.8. The first-order valence-corrected chi connectivity index (χ1v) is 8.56. The van der Waals surface area contributed by atoms with E-state index in [0.717, 1.165) is 42.0 Å². The molecule has 1 saturated heterocycles. The van der Waals surface area contributed by atoms with E-state index in [2.05, 4.69) is 32.1 Å². The van der Waals surface area contributed by atoms with E-state index >= 15 is 0 Å². The van der Waals surface area contributed by atoms with E-state index in [-0.39, 0.29) is 0 Å². The molecule has 22 heavy (non-hydrogen) atoms. The van der Waals surface area contributed by atoms with Gasteiger partial charge in [-0.05, 0) is 32.6 Å². The number of hydrogen-bond donors (Lipinski definition) is 1. The fourth-order valence-corrected chi connectivity index (χ4v) is 3.05. The molecule has 3 heterocycles. The predicted molar refractivity (Wildman–Crippen MR) is 89.6 cm³/mol. The molecule has 0 radical (unpaired) electrons. The van der Waals surface area contributed by atoms with Gasteiger partial charge in [0.05, 0.1) is 0 Å². The molecule has 1 fully saturated rings. The molecule has 6 nitrogen and oxygen atoms in total. The summed E-state index contributed by atoms with van der Waals surface area (Å²) in [5, 5.41) is 4.30. The molecule has 0 bridgehead atoms. The number of aryl methyl sites for hydroxylation is 1. The molecule has 1 unspecified atom stereocenters. The van der Waals surface area contributed by atoms with Crippen molar-refractivity contribution in [3.05, 3.63) is 29.8 Å². The molecule has 116 valence electrons. The van der Waals surface area contributed by atoms with Gasteiger partial charge in [-0.25, -0.2) is 19.9 Å². The SMILES string of the molecule is CSc1nc(C)c(C)c(N2CCC(Nc3ccncn3)C2)n1. The second-order valence-corrected chi connectivity index (χ2v) is 6.19. The Kier molecular flexibility index (Phi) is 4.42. The van der Waals surface area contributed by atoms with Gasteiger partial charge >= 0.3 is 0 Å². The summed E-state index contributed by atoms with van der Waals surface area (Å²) >= 11 is 1.59. The van der Waals surface area contributed by atoms with Crippen LogP contribution in [0.1, 0.15) is 17.7 Å². The molecule has 1 N–H and O–H groups in total. The zero-order valence-electron chi connectivity index (χ0n) is 13.1. The summed E-state index contributed by atoms with van der Waals surface area (Å²) in [6.45, 7) is 6.07. The van der Waals surface area contributed by atoms with Gasteiger partial charge in [-0.15, -0.1) is 0 Å². The first-order chi connectivity index (χ1) is 10.7. The van der Waals surface area contributed by atoms with Crippen LogP contribution in [0.4, 0.5) is 11.6 Å². The van der Waals surface area contributed by atoms with Crippen LogP contribution in [-0.4, -0.2) is 45.3 Å². The van der Waals surface area contributed by atoms with Crippen molar-refractivity contribution in [3.8, 4) is 0 Å². The molecule has 7 heteroatoms. The lowest BCUT2D eigenvalue weighted by molar-refractivity contribution is 0.795. The third-order valence-corrected chi connectivity index (χ3v) is 4.50. The number of nitrogens with one attached hydrogen (secondary N) is 1. The standard InChI is InChI=1S/C15H20N6S/c1-10-11(2)18-15(22-3)20-14(10)21-7-5-12(8-21)19-13-4-6-16-9-17-13/h4,6,9,12H,5,7-8H2,1-3H3,(H,16,17,19). The Balaban J connectivity index is 1.74. The molecule has 2 aromatic heterocycles. The summed E-state index contributed by atoms with van der Waals surface area (Å²) in [5.41, 5.74) is 2.22. The van der Waals surface area contributed by atoms with Gasteiger partial charge in [0.25, 0.3) is 0 Å². The van der Waals surface area contributed by atoms with Crippen LogP contribution in [0.3, 0.4) is 0 Å². The summed E-state index contributed by atoms with van der Waals surface area (Å²) in [6, 6.07) is 2.27. The Hall–Kier alpha value is -1.89. The van der Waals surface area contributed by atoms with Gasteiger partial charge in [0.2, 0.25) is 0 Å². The van der Waals surface area contributed by atoms with Gasteiger partial charge in [0, 0.05) is 36.6 Å².